The number of halogens is 1. The highest BCUT2D eigenvalue weighted by molar-refractivity contribution is 9.11. The molecule has 0 spiro atoms. The topological polar surface area (TPSA) is 17.8 Å². The molecular weight excluding hydrogens is 264 g/mol. The molecule has 0 unspecified atom stereocenters. The molecule has 0 amide bonds. The summed E-state index contributed by atoms with van der Waals surface area (Å²) >= 11 is 3.37. The Labute approximate surface area is 105 Å². The molecule has 0 N–H and O–H groups in total. The van der Waals surface area contributed by atoms with Gasteiger partial charge in [0.15, 0.2) is 0 Å². The molecule has 0 saturated carbocycles. The molecule has 1 rings (SSSR count). The predicted molar refractivity (Wildman–Crippen MR) is 73.5 cm³/mol. The van der Waals surface area contributed by atoms with Crippen LogP contribution >= 0.6 is 15.9 Å². The molecule has 0 aromatic carbocycles. The normalized spacial score (nSPS) is 12.4. The zero-order valence-corrected chi connectivity index (χ0v) is 11.6. The summed E-state index contributed by atoms with van der Waals surface area (Å²) in [5, 5.41) is 4.32. The molecule has 2 nitrogen and oxygen atoms in total. The summed E-state index contributed by atoms with van der Waals surface area (Å²) in [4.78, 5) is 0. The van der Waals surface area contributed by atoms with Gasteiger partial charge in [-0.2, -0.15) is 5.10 Å². The van der Waals surface area contributed by atoms with E-state index in [9.17, 15) is 0 Å². The Morgan fingerprint density at radius 3 is 2.88 bits per heavy atom. The first kappa shape index (κ1) is 13.0. The zero-order chi connectivity index (χ0) is 12.1. The van der Waals surface area contributed by atoms with Crippen LogP contribution < -0.4 is 0 Å². The van der Waals surface area contributed by atoms with Gasteiger partial charge in [-0.1, -0.05) is 41.6 Å². The number of hydrogen-bond acceptors (Lipinski definition) is 1. The fourth-order valence-corrected chi connectivity index (χ4v) is 1.65. The van der Waals surface area contributed by atoms with Gasteiger partial charge in [-0.25, -0.2) is 4.68 Å². The Kier molecular flexibility index (Phi) is 4.74. The van der Waals surface area contributed by atoms with Crippen molar-refractivity contribution in [2.75, 3.05) is 0 Å². The summed E-state index contributed by atoms with van der Waals surface area (Å²) in [5.41, 5.74) is 3.31. The molecule has 0 aliphatic heterocycles. The van der Waals surface area contributed by atoms with Crippen LogP contribution in [-0.2, 0) is 6.42 Å². The third-order valence-electron chi connectivity index (χ3n) is 2.30. The van der Waals surface area contributed by atoms with Gasteiger partial charge in [0.1, 0.15) is 0 Å². The van der Waals surface area contributed by atoms with Gasteiger partial charge < -0.3 is 0 Å². The van der Waals surface area contributed by atoms with Gasteiger partial charge in [0.25, 0.3) is 0 Å². The fourth-order valence-electron chi connectivity index (χ4n) is 1.49. The number of allylic oxidation sites excluding steroid dienone is 5. The lowest BCUT2D eigenvalue weighted by Gasteiger charge is -2.05. The summed E-state index contributed by atoms with van der Waals surface area (Å²) in [7, 11) is 0. The van der Waals surface area contributed by atoms with Crippen molar-refractivity contribution in [2.45, 2.75) is 27.2 Å². The van der Waals surface area contributed by atoms with Crippen LogP contribution in [0.15, 0.2) is 35.5 Å². The minimum atomic E-state index is 0.884. The van der Waals surface area contributed by atoms with Gasteiger partial charge in [0.2, 0.25) is 0 Å². The van der Waals surface area contributed by atoms with Crippen molar-refractivity contribution in [1.29, 1.82) is 0 Å². The van der Waals surface area contributed by atoms with Gasteiger partial charge in [0.05, 0.1) is 11.9 Å². The number of nitrogens with zero attached hydrogens (tertiary/aromatic N) is 2. The molecule has 0 radical (unpaired) electrons. The molecule has 3 heteroatoms. The van der Waals surface area contributed by atoms with Gasteiger partial charge in [-0.15, -0.1) is 0 Å². The molecule has 86 valence electrons. The number of rotatable bonds is 4. The van der Waals surface area contributed by atoms with E-state index >= 15 is 0 Å². The fraction of sp³-hybridized carbons (Fsp3) is 0.308. The SMILES string of the molecule is C=C(/C=C\C=C(/C)Br)n1ncc(C)c1CC. The third kappa shape index (κ3) is 3.20. The van der Waals surface area contributed by atoms with Crippen LogP contribution in [0.3, 0.4) is 0 Å². The van der Waals surface area contributed by atoms with E-state index in [1.807, 2.05) is 36.0 Å². The van der Waals surface area contributed by atoms with Crippen LogP contribution in [0.4, 0.5) is 0 Å². The predicted octanol–water partition coefficient (Wildman–Crippen LogP) is 4.08. The number of hydrogen-bond donors (Lipinski definition) is 0. The van der Waals surface area contributed by atoms with Crippen LogP contribution in [0.1, 0.15) is 25.1 Å². The largest absolute Gasteiger partial charge is 0.238 e. The lowest BCUT2D eigenvalue weighted by molar-refractivity contribution is 0.836. The Bertz CT molecular complexity index is 435. The van der Waals surface area contributed by atoms with E-state index in [1.54, 1.807) is 0 Å². The number of aromatic nitrogens is 2. The van der Waals surface area contributed by atoms with Crippen molar-refractivity contribution < 1.29 is 0 Å². The lowest BCUT2D eigenvalue weighted by atomic mass is 10.2. The summed E-state index contributed by atoms with van der Waals surface area (Å²) in [6.07, 6.45) is 8.74. The van der Waals surface area contributed by atoms with Crippen molar-refractivity contribution in [3.05, 3.63) is 46.7 Å². The Hall–Kier alpha value is -1.09. The van der Waals surface area contributed by atoms with Gasteiger partial charge >= 0.3 is 0 Å². The quantitative estimate of drug-likeness (QED) is 0.760. The summed E-state index contributed by atoms with van der Waals surface area (Å²) in [5.74, 6) is 0. The Balaban J connectivity index is 2.89. The van der Waals surface area contributed by atoms with E-state index in [2.05, 4.69) is 41.5 Å². The van der Waals surface area contributed by atoms with Crippen LogP contribution in [0.2, 0.25) is 0 Å². The van der Waals surface area contributed by atoms with E-state index < -0.39 is 0 Å². The molecule has 1 aromatic heterocycles. The van der Waals surface area contributed by atoms with E-state index in [1.165, 1.54) is 11.3 Å². The van der Waals surface area contributed by atoms with Crippen molar-refractivity contribution in [3.8, 4) is 0 Å². The van der Waals surface area contributed by atoms with E-state index in [0.29, 0.717) is 0 Å². The standard InChI is InChI=1S/C13H17BrN2/c1-5-13-10(2)9-15-16(13)12(4)8-6-7-11(3)14/h6-9H,4-5H2,1-3H3/b8-6-,11-7+. The number of aryl methyl sites for hydroxylation is 1. The minimum Gasteiger partial charge on any atom is -0.238 e. The van der Waals surface area contributed by atoms with Crippen molar-refractivity contribution in [3.63, 3.8) is 0 Å². The van der Waals surface area contributed by atoms with E-state index in [-0.39, 0.29) is 0 Å². The van der Waals surface area contributed by atoms with Crippen LogP contribution in [0.25, 0.3) is 5.70 Å². The highest BCUT2D eigenvalue weighted by Crippen LogP contribution is 2.13. The highest BCUT2D eigenvalue weighted by Gasteiger charge is 2.05. The van der Waals surface area contributed by atoms with Crippen LogP contribution in [-0.4, -0.2) is 9.78 Å². The average Bonchev–Trinajstić information content (AvgIpc) is 2.58. The van der Waals surface area contributed by atoms with Gasteiger partial charge in [-0.05, 0) is 36.4 Å². The van der Waals surface area contributed by atoms with Crippen molar-refractivity contribution in [1.82, 2.24) is 9.78 Å². The Morgan fingerprint density at radius 1 is 1.62 bits per heavy atom. The third-order valence-corrected chi connectivity index (χ3v) is 2.56. The van der Waals surface area contributed by atoms with Crippen molar-refractivity contribution in [2.24, 2.45) is 0 Å². The van der Waals surface area contributed by atoms with Gasteiger partial charge in [0, 0.05) is 5.69 Å². The highest BCUT2D eigenvalue weighted by atomic mass is 79.9. The maximum atomic E-state index is 4.32. The molecule has 0 fully saturated rings. The molecule has 0 saturated heterocycles. The summed E-state index contributed by atoms with van der Waals surface area (Å²) < 4.78 is 2.98. The average molecular weight is 281 g/mol. The maximum absolute atomic E-state index is 4.32. The second-order valence-corrected chi connectivity index (χ2v) is 4.89. The maximum Gasteiger partial charge on any atom is 0.0577 e. The smallest absolute Gasteiger partial charge is 0.0577 e. The van der Waals surface area contributed by atoms with E-state index in [0.717, 1.165) is 16.6 Å². The molecule has 1 aromatic rings. The zero-order valence-electron chi connectivity index (χ0n) is 10.00. The molecular formula is C13H17BrN2. The first-order chi connectivity index (χ1) is 7.56. The Morgan fingerprint density at radius 2 is 2.31 bits per heavy atom. The molecule has 0 atom stereocenters. The minimum absolute atomic E-state index is 0.884. The lowest BCUT2D eigenvalue weighted by Crippen LogP contribution is -2.01. The molecule has 16 heavy (non-hydrogen) atoms. The monoisotopic (exact) mass is 280 g/mol. The van der Waals surface area contributed by atoms with Crippen LogP contribution in [0, 0.1) is 6.92 Å². The van der Waals surface area contributed by atoms with E-state index in [4.69, 9.17) is 0 Å². The molecule has 0 bridgehead atoms. The molecule has 0 aliphatic rings. The first-order valence-electron chi connectivity index (χ1n) is 5.29. The first-order valence-corrected chi connectivity index (χ1v) is 6.08. The molecule has 0 aliphatic carbocycles. The summed E-state index contributed by atoms with van der Waals surface area (Å²) in [6.45, 7) is 10.2. The van der Waals surface area contributed by atoms with Crippen LogP contribution in [0.5, 0.6) is 0 Å². The van der Waals surface area contributed by atoms with Crippen molar-refractivity contribution >= 4 is 21.6 Å². The molecule has 1 heterocycles. The summed E-state index contributed by atoms with van der Waals surface area (Å²) in [6, 6.07) is 0. The second kappa shape index (κ2) is 5.85. The second-order valence-electron chi connectivity index (χ2n) is 3.64. The van der Waals surface area contributed by atoms with Gasteiger partial charge in [-0.3, -0.25) is 0 Å².